The highest BCUT2D eigenvalue weighted by molar-refractivity contribution is 5.93. The van der Waals surface area contributed by atoms with E-state index in [4.69, 9.17) is 0 Å². The van der Waals surface area contributed by atoms with Gasteiger partial charge in [0.2, 0.25) is 0 Å². The fourth-order valence-electron chi connectivity index (χ4n) is 1.27. The van der Waals surface area contributed by atoms with Crippen LogP contribution in [0.3, 0.4) is 0 Å². The molecule has 0 spiro atoms. The van der Waals surface area contributed by atoms with E-state index in [1.807, 2.05) is 13.8 Å². The van der Waals surface area contributed by atoms with E-state index in [1.54, 1.807) is 17.0 Å². The number of pyridine rings is 1. The van der Waals surface area contributed by atoms with Crippen molar-refractivity contribution >= 4 is 18.3 Å². The van der Waals surface area contributed by atoms with E-state index in [1.165, 1.54) is 12.4 Å². The maximum Gasteiger partial charge on any atom is 0.259 e. The van der Waals surface area contributed by atoms with Crippen LogP contribution in [-0.2, 0) is 0 Å². The van der Waals surface area contributed by atoms with Gasteiger partial charge in [0, 0.05) is 19.2 Å². The highest BCUT2D eigenvalue weighted by Crippen LogP contribution is 2.01. The molecule has 0 saturated heterocycles. The summed E-state index contributed by atoms with van der Waals surface area (Å²) in [5.41, 5.74) is 0.436. The fourth-order valence-corrected chi connectivity index (χ4v) is 1.27. The second-order valence-corrected chi connectivity index (χ2v) is 2.93. The molecule has 4 nitrogen and oxygen atoms in total. The fraction of sp³-hybridized carbons (Fsp3) is 0.400. The van der Waals surface area contributed by atoms with Gasteiger partial charge in [-0.25, -0.2) is 0 Å². The topological polar surface area (TPSA) is 47.2 Å². The predicted molar refractivity (Wildman–Crippen MR) is 59.9 cm³/mol. The van der Waals surface area contributed by atoms with Crippen LogP contribution in [0.5, 0.6) is 0 Å². The number of amides is 1. The van der Waals surface area contributed by atoms with E-state index < -0.39 is 0 Å². The number of carbonyl (C=O) groups is 1. The lowest BCUT2D eigenvalue weighted by Crippen LogP contribution is -2.33. The van der Waals surface area contributed by atoms with E-state index in [2.05, 4.69) is 0 Å². The summed E-state index contributed by atoms with van der Waals surface area (Å²) in [5.74, 6) is -0.0970. The zero-order chi connectivity index (χ0) is 10.6. The van der Waals surface area contributed by atoms with Crippen molar-refractivity contribution in [3.63, 3.8) is 0 Å². The van der Waals surface area contributed by atoms with Crippen LogP contribution in [0.15, 0.2) is 24.5 Å². The minimum Gasteiger partial charge on any atom is -0.619 e. The molecule has 0 aliphatic carbocycles. The molecule has 0 aliphatic heterocycles. The largest absolute Gasteiger partial charge is 0.619 e. The van der Waals surface area contributed by atoms with Gasteiger partial charge in [-0.1, -0.05) is 0 Å². The number of carbonyl (C=O) groups excluding carboxylic acids is 1. The average Bonchev–Trinajstić information content (AvgIpc) is 2.19. The molecule has 0 aromatic carbocycles. The predicted octanol–water partition coefficient (Wildman–Crippen LogP) is 1.22. The van der Waals surface area contributed by atoms with Gasteiger partial charge in [0.05, 0.1) is 0 Å². The first kappa shape index (κ1) is 13.7. The Labute approximate surface area is 95.5 Å². The number of rotatable bonds is 3. The van der Waals surface area contributed by atoms with Gasteiger partial charge in [0.15, 0.2) is 12.4 Å². The van der Waals surface area contributed by atoms with Crippen molar-refractivity contribution in [2.75, 3.05) is 13.1 Å². The molecular formula is C10H15ClN2O2. The molecule has 0 aliphatic rings. The van der Waals surface area contributed by atoms with Crippen LogP contribution in [0.4, 0.5) is 0 Å². The van der Waals surface area contributed by atoms with E-state index in [9.17, 15) is 10.0 Å². The third-order valence-electron chi connectivity index (χ3n) is 2.07. The summed E-state index contributed by atoms with van der Waals surface area (Å²) < 4.78 is 0.636. The van der Waals surface area contributed by atoms with Crippen LogP contribution in [0, 0.1) is 5.21 Å². The second-order valence-electron chi connectivity index (χ2n) is 2.93. The lowest BCUT2D eigenvalue weighted by molar-refractivity contribution is -0.605. The van der Waals surface area contributed by atoms with Crippen LogP contribution < -0.4 is 4.73 Å². The maximum absolute atomic E-state index is 11.7. The molecule has 0 N–H and O–H groups in total. The van der Waals surface area contributed by atoms with E-state index in [0.29, 0.717) is 23.4 Å². The van der Waals surface area contributed by atoms with Crippen molar-refractivity contribution in [3.05, 3.63) is 35.3 Å². The number of nitrogens with zero attached hydrogens (tertiary/aromatic N) is 2. The average molecular weight is 231 g/mol. The molecule has 1 aromatic heterocycles. The molecule has 1 aromatic rings. The first-order valence-electron chi connectivity index (χ1n) is 4.67. The summed E-state index contributed by atoms with van der Waals surface area (Å²) in [6.45, 7) is 5.14. The summed E-state index contributed by atoms with van der Waals surface area (Å²) >= 11 is 0. The Morgan fingerprint density at radius 1 is 1.47 bits per heavy atom. The molecule has 0 radical (unpaired) electrons. The molecular weight excluding hydrogens is 216 g/mol. The van der Waals surface area contributed by atoms with Gasteiger partial charge < -0.3 is 10.1 Å². The maximum atomic E-state index is 11.7. The Bertz CT molecular complexity index is 327. The van der Waals surface area contributed by atoms with Gasteiger partial charge in [-0.05, 0) is 19.9 Å². The lowest BCUT2D eigenvalue weighted by atomic mass is 10.2. The Kier molecular flexibility index (Phi) is 5.70. The molecule has 0 saturated carbocycles. The van der Waals surface area contributed by atoms with Crippen LogP contribution in [0.2, 0.25) is 0 Å². The van der Waals surface area contributed by atoms with Crippen LogP contribution >= 0.6 is 12.4 Å². The van der Waals surface area contributed by atoms with E-state index in [-0.39, 0.29) is 18.3 Å². The monoisotopic (exact) mass is 230 g/mol. The Morgan fingerprint density at radius 2 is 2.07 bits per heavy atom. The summed E-state index contributed by atoms with van der Waals surface area (Å²) in [4.78, 5) is 13.4. The van der Waals surface area contributed by atoms with Crippen molar-refractivity contribution in [1.29, 1.82) is 0 Å². The number of aromatic nitrogens is 1. The molecule has 0 bridgehead atoms. The third kappa shape index (κ3) is 3.40. The molecule has 0 fully saturated rings. The van der Waals surface area contributed by atoms with Gasteiger partial charge in [-0.2, -0.15) is 4.73 Å². The molecule has 0 unspecified atom stereocenters. The first-order valence-corrected chi connectivity index (χ1v) is 4.67. The number of hydrogen-bond donors (Lipinski definition) is 0. The van der Waals surface area contributed by atoms with Crippen molar-refractivity contribution in [2.24, 2.45) is 0 Å². The van der Waals surface area contributed by atoms with E-state index >= 15 is 0 Å². The third-order valence-corrected chi connectivity index (χ3v) is 2.07. The summed E-state index contributed by atoms with van der Waals surface area (Å²) in [5, 5.41) is 10.9. The Balaban J connectivity index is 0.00000196. The summed E-state index contributed by atoms with van der Waals surface area (Å²) in [6.07, 6.45) is 2.65. The van der Waals surface area contributed by atoms with Crippen molar-refractivity contribution < 1.29 is 9.52 Å². The van der Waals surface area contributed by atoms with Gasteiger partial charge in [-0.15, -0.1) is 12.4 Å². The Hall–Kier alpha value is -1.29. The smallest absolute Gasteiger partial charge is 0.259 e. The molecule has 0 atom stereocenters. The van der Waals surface area contributed by atoms with Gasteiger partial charge in [0.1, 0.15) is 5.56 Å². The van der Waals surface area contributed by atoms with E-state index in [0.717, 1.165) is 0 Å². The standard InChI is InChI=1S/C10H14N2O2.ClH/c1-3-11(4-2)10(13)9-6-5-7-12(14)8-9;/h5-8H,3-4H2,1-2H3;1H. The highest BCUT2D eigenvalue weighted by Gasteiger charge is 2.13. The van der Waals surface area contributed by atoms with Crippen LogP contribution in [-0.4, -0.2) is 23.9 Å². The first-order chi connectivity index (χ1) is 6.69. The molecule has 84 valence electrons. The van der Waals surface area contributed by atoms with Gasteiger partial charge in [-0.3, -0.25) is 4.79 Å². The van der Waals surface area contributed by atoms with Crippen LogP contribution in [0.25, 0.3) is 0 Å². The van der Waals surface area contributed by atoms with Crippen molar-refractivity contribution in [2.45, 2.75) is 13.8 Å². The number of hydrogen-bond acceptors (Lipinski definition) is 2. The quantitative estimate of drug-likeness (QED) is 0.579. The second kappa shape index (κ2) is 6.24. The molecule has 1 heterocycles. The van der Waals surface area contributed by atoms with Crippen LogP contribution in [0.1, 0.15) is 24.2 Å². The molecule has 1 amide bonds. The summed E-state index contributed by atoms with van der Waals surface area (Å²) in [7, 11) is 0. The SMILES string of the molecule is CCN(CC)C(=O)c1ccc[n+]([O-])c1.Cl. The van der Waals surface area contributed by atoms with Crippen molar-refractivity contribution in [1.82, 2.24) is 4.90 Å². The molecule has 15 heavy (non-hydrogen) atoms. The molecule has 5 heteroatoms. The summed E-state index contributed by atoms with van der Waals surface area (Å²) in [6, 6.07) is 3.22. The normalized spacial score (nSPS) is 9.20. The van der Waals surface area contributed by atoms with Gasteiger partial charge in [0.25, 0.3) is 5.91 Å². The Morgan fingerprint density at radius 3 is 2.53 bits per heavy atom. The zero-order valence-corrected chi connectivity index (χ0v) is 9.66. The van der Waals surface area contributed by atoms with Crippen molar-refractivity contribution in [3.8, 4) is 0 Å². The number of halogens is 1. The lowest BCUT2D eigenvalue weighted by Gasteiger charge is -2.17. The minimum absolute atomic E-state index is 0. The van der Waals surface area contributed by atoms with Gasteiger partial charge >= 0.3 is 0 Å². The minimum atomic E-state index is -0.0970. The molecule has 1 rings (SSSR count). The zero-order valence-electron chi connectivity index (χ0n) is 8.84. The highest BCUT2D eigenvalue weighted by atomic mass is 35.5.